The van der Waals surface area contributed by atoms with Crippen LogP contribution >= 0.6 is 0 Å². The second-order valence-corrected chi connectivity index (χ2v) is 7.24. The van der Waals surface area contributed by atoms with Crippen molar-refractivity contribution in [1.29, 1.82) is 0 Å². The van der Waals surface area contributed by atoms with Crippen LogP contribution in [-0.4, -0.2) is 28.0 Å². The molecule has 0 unspecified atom stereocenters. The Morgan fingerprint density at radius 3 is 2.21 bits per heavy atom. The summed E-state index contributed by atoms with van der Waals surface area (Å²) in [5, 5.41) is 12.8. The minimum absolute atomic E-state index is 0.0134. The van der Waals surface area contributed by atoms with E-state index in [0.717, 1.165) is 10.8 Å². The monoisotopic (exact) mass is 327 g/mol. The zero-order valence-corrected chi connectivity index (χ0v) is 15.6. The third kappa shape index (κ3) is 3.32. The molecule has 0 aromatic heterocycles. The van der Waals surface area contributed by atoms with Crippen LogP contribution in [0.5, 0.6) is 0 Å². The lowest BCUT2D eigenvalue weighted by atomic mass is 9.85. The van der Waals surface area contributed by atoms with Crippen LogP contribution in [0.25, 0.3) is 10.8 Å². The topological polar surface area (TPSA) is 40.5 Å². The van der Waals surface area contributed by atoms with Crippen molar-refractivity contribution in [3.63, 3.8) is 0 Å². The molecule has 2 aromatic carbocycles. The molecule has 0 saturated heterocycles. The predicted octanol–water partition coefficient (Wildman–Crippen LogP) is 4.72. The van der Waals surface area contributed by atoms with Crippen LogP contribution in [0, 0.1) is 0 Å². The summed E-state index contributed by atoms with van der Waals surface area (Å²) in [6.45, 7) is 11.8. The average Bonchev–Trinajstić information content (AvgIpc) is 2.52. The van der Waals surface area contributed by atoms with Crippen LogP contribution < -0.4 is 0 Å². The number of hydrogen-bond donors (Lipinski definition) is 1. The van der Waals surface area contributed by atoms with E-state index in [2.05, 4.69) is 0 Å². The molecule has 2 aromatic rings. The number of aliphatic hydroxyl groups is 1. The van der Waals surface area contributed by atoms with Crippen molar-refractivity contribution in [2.24, 2.45) is 0 Å². The first-order chi connectivity index (χ1) is 11.2. The first-order valence-electron chi connectivity index (χ1n) is 8.78. The van der Waals surface area contributed by atoms with Crippen molar-refractivity contribution in [2.45, 2.75) is 65.6 Å². The van der Waals surface area contributed by atoms with Gasteiger partial charge in [-0.2, -0.15) is 0 Å². The van der Waals surface area contributed by atoms with Crippen LogP contribution in [0.15, 0.2) is 36.4 Å². The fourth-order valence-corrected chi connectivity index (χ4v) is 3.34. The SMILES string of the molecule is CC[C@](C)(O)c1ccc2ccccc2c1C(=O)N(C(C)C)C(C)C. The van der Waals surface area contributed by atoms with Crippen molar-refractivity contribution in [1.82, 2.24) is 4.90 Å². The van der Waals surface area contributed by atoms with E-state index in [1.54, 1.807) is 6.92 Å². The largest absolute Gasteiger partial charge is 0.385 e. The van der Waals surface area contributed by atoms with Gasteiger partial charge < -0.3 is 10.0 Å². The lowest BCUT2D eigenvalue weighted by Crippen LogP contribution is -2.43. The molecule has 0 spiro atoms. The van der Waals surface area contributed by atoms with Crippen LogP contribution in [0.4, 0.5) is 0 Å². The molecule has 1 atom stereocenters. The van der Waals surface area contributed by atoms with Crippen molar-refractivity contribution in [2.75, 3.05) is 0 Å². The first-order valence-corrected chi connectivity index (χ1v) is 8.78. The van der Waals surface area contributed by atoms with Gasteiger partial charge in [0.05, 0.1) is 11.2 Å². The molecule has 24 heavy (non-hydrogen) atoms. The van der Waals surface area contributed by atoms with E-state index in [9.17, 15) is 9.90 Å². The molecule has 2 rings (SSSR count). The van der Waals surface area contributed by atoms with E-state index in [-0.39, 0.29) is 18.0 Å². The van der Waals surface area contributed by atoms with Crippen molar-refractivity contribution in [3.05, 3.63) is 47.5 Å². The maximum atomic E-state index is 13.4. The number of carbonyl (C=O) groups excluding carboxylic acids is 1. The quantitative estimate of drug-likeness (QED) is 0.863. The van der Waals surface area contributed by atoms with E-state index in [1.807, 2.05) is 75.9 Å². The van der Waals surface area contributed by atoms with Gasteiger partial charge in [-0.25, -0.2) is 0 Å². The third-order valence-electron chi connectivity index (χ3n) is 4.76. The summed E-state index contributed by atoms with van der Waals surface area (Å²) in [6.07, 6.45) is 0.551. The Morgan fingerprint density at radius 1 is 1.08 bits per heavy atom. The fraction of sp³-hybridized carbons (Fsp3) is 0.476. The number of carbonyl (C=O) groups is 1. The van der Waals surface area contributed by atoms with E-state index in [4.69, 9.17) is 0 Å². The molecule has 3 nitrogen and oxygen atoms in total. The highest BCUT2D eigenvalue weighted by Crippen LogP contribution is 2.33. The van der Waals surface area contributed by atoms with Crippen LogP contribution in [0.2, 0.25) is 0 Å². The Bertz CT molecular complexity index is 724. The van der Waals surface area contributed by atoms with Gasteiger partial charge in [0.1, 0.15) is 0 Å². The second kappa shape index (κ2) is 6.94. The number of nitrogens with zero attached hydrogens (tertiary/aromatic N) is 1. The van der Waals surface area contributed by atoms with Gasteiger partial charge >= 0.3 is 0 Å². The maximum absolute atomic E-state index is 13.4. The Labute approximate surface area is 145 Å². The summed E-state index contributed by atoms with van der Waals surface area (Å²) in [5.74, 6) is -0.0134. The summed E-state index contributed by atoms with van der Waals surface area (Å²) in [5.41, 5.74) is 0.302. The Hall–Kier alpha value is -1.87. The molecular weight excluding hydrogens is 298 g/mol. The molecule has 3 heteroatoms. The molecule has 1 N–H and O–H groups in total. The highest BCUT2D eigenvalue weighted by molar-refractivity contribution is 6.08. The van der Waals surface area contributed by atoms with Gasteiger partial charge in [-0.15, -0.1) is 0 Å². The van der Waals surface area contributed by atoms with Crippen molar-refractivity contribution >= 4 is 16.7 Å². The van der Waals surface area contributed by atoms with Crippen LogP contribution in [-0.2, 0) is 5.60 Å². The lowest BCUT2D eigenvalue weighted by Gasteiger charge is -2.34. The van der Waals surface area contributed by atoms with Gasteiger partial charge in [0.2, 0.25) is 0 Å². The average molecular weight is 327 g/mol. The normalized spacial score (nSPS) is 14.2. The Kier molecular flexibility index (Phi) is 5.34. The van der Waals surface area contributed by atoms with Gasteiger partial charge in [-0.1, -0.05) is 43.3 Å². The van der Waals surface area contributed by atoms with E-state index in [0.29, 0.717) is 17.5 Å². The zero-order valence-electron chi connectivity index (χ0n) is 15.6. The molecule has 1 amide bonds. The highest BCUT2D eigenvalue weighted by atomic mass is 16.3. The molecule has 0 aliphatic rings. The predicted molar refractivity (Wildman–Crippen MR) is 100 cm³/mol. The molecule has 0 radical (unpaired) electrons. The molecule has 0 bridgehead atoms. The number of benzene rings is 2. The lowest BCUT2D eigenvalue weighted by molar-refractivity contribution is 0.0476. The number of fused-ring (bicyclic) bond motifs is 1. The number of amides is 1. The van der Waals surface area contributed by atoms with Gasteiger partial charge in [0.15, 0.2) is 0 Å². The summed E-state index contributed by atoms with van der Waals surface area (Å²) in [4.78, 5) is 15.3. The minimum atomic E-state index is -1.03. The fourth-order valence-electron chi connectivity index (χ4n) is 3.34. The van der Waals surface area contributed by atoms with E-state index >= 15 is 0 Å². The first kappa shape index (κ1) is 18.5. The highest BCUT2D eigenvalue weighted by Gasteiger charge is 2.31. The van der Waals surface area contributed by atoms with Crippen molar-refractivity contribution in [3.8, 4) is 0 Å². The summed E-state index contributed by atoms with van der Waals surface area (Å²) < 4.78 is 0. The molecular formula is C21H29NO2. The Morgan fingerprint density at radius 2 is 1.67 bits per heavy atom. The molecule has 0 saturated carbocycles. The molecule has 130 valence electrons. The standard InChI is InChI=1S/C21H29NO2/c1-7-21(6,24)18-13-12-16-10-8-9-11-17(16)19(18)20(23)22(14(2)3)15(4)5/h8-15,24H,7H2,1-6H3/t21-/m0/s1. The van der Waals surface area contributed by atoms with Gasteiger partial charge in [0, 0.05) is 12.1 Å². The summed E-state index contributed by atoms with van der Waals surface area (Å²) >= 11 is 0. The summed E-state index contributed by atoms with van der Waals surface area (Å²) in [7, 11) is 0. The number of hydrogen-bond acceptors (Lipinski definition) is 2. The smallest absolute Gasteiger partial charge is 0.255 e. The minimum Gasteiger partial charge on any atom is -0.385 e. The molecule has 0 heterocycles. The Balaban J connectivity index is 2.78. The van der Waals surface area contributed by atoms with Gasteiger partial charge in [-0.05, 0) is 57.4 Å². The van der Waals surface area contributed by atoms with Crippen LogP contribution in [0.1, 0.15) is 63.9 Å². The summed E-state index contributed by atoms with van der Waals surface area (Å²) in [6, 6.07) is 12.0. The van der Waals surface area contributed by atoms with Crippen LogP contribution in [0.3, 0.4) is 0 Å². The molecule has 0 aliphatic heterocycles. The van der Waals surface area contributed by atoms with E-state index < -0.39 is 5.60 Å². The molecule has 0 fully saturated rings. The number of rotatable bonds is 5. The third-order valence-corrected chi connectivity index (χ3v) is 4.76. The second-order valence-electron chi connectivity index (χ2n) is 7.24. The molecule has 0 aliphatic carbocycles. The maximum Gasteiger partial charge on any atom is 0.255 e. The van der Waals surface area contributed by atoms with Gasteiger partial charge in [0.25, 0.3) is 5.91 Å². The van der Waals surface area contributed by atoms with Gasteiger partial charge in [-0.3, -0.25) is 4.79 Å². The zero-order chi connectivity index (χ0) is 18.1. The van der Waals surface area contributed by atoms with Crippen molar-refractivity contribution < 1.29 is 9.90 Å². The van der Waals surface area contributed by atoms with E-state index in [1.165, 1.54) is 0 Å².